The van der Waals surface area contributed by atoms with Gasteiger partial charge in [-0.15, -0.1) is 0 Å². The summed E-state index contributed by atoms with van der Waals surface area (Å²) in [6.07, 6.45) is 0.879. The van der Waals surface area contributed by atoms with E-state index in [0.29, 0.717) is 12.3 Å². The van der Waals surface area contributed by atoms with Crippen LogP contribution in [0.3, 0.4) is 0 Å². The highest BCUT2D eigenvalue weighted by molar-refractivity contribution is 9.10. The molecule has 1 amide bonds. The van der Waals surface area contributed by atoms with Crippen LogP contribution in [0, 0.1) is 0 Å². The molecular weight excluding hydrogens is 330 g/mol. The summed E-state index contributed by atoms with van der Waals surface area (Å²) in [6.45, 7) is 2.61. The Hall–Kier alpha value is -0.880. The summed E-state index contributed by atoms with van der Waals surface area (Å²) in [6, 6.07) is 5.53. The van der Waals surface area contributed by atoms with Gasteiger partial charge in [-0.3, -0.25) is 9.00 Å². The van der Waals surface area contributed by atoms with E-state index in [1.165, 1.54) is 0 Å². The summed E-state index contributed by atoms with van der Waals surface area (Å²) in [4.78, 5) is 11.4. The molecule has 0 saturated heterocycles. The highest BCUT2D eigenvalue weighted by Gasteiger charge is 2.09. The van der Waals surface area contributed by atoms with Crippen LogP contribution in [0.15, 0.2) is 22.7 Å². The van der Waals surface area contributed by atoms with Crippen molar-refractivity contribution in [3.05, 3.63) is 28.2 Å². The Morgan fingerprint density at radius 1 is 1.47 bits per heavy atom. The standard InChI is InChI=1S/C13H18BrNO3S/c1-3-6-15-13(16)9-19(17)8-10-4-5-12(18-2)11(14)7-10/h4-5,7H,3,6,8-9H2,1-2H3,(H,15,16). The van der Waals surface area contributed by atoms with Gasteiger partial charge in [0.05, 0.1) is 11.6 Å². The number of hydrogen-bond acceptors (Lipinski definition) is 3. The lowest BCUT2D eigenvalue weighted by molar-refractivity contribution is -0.118. The summed E-state index contributed by atoms with van der Waals surface area (Å²) in [7, 11) is 0.398. The maximum absolute atomic E-state index is 11.9. The Labute approximate surface area is 124 Å². The predicted octanol–water partition coefficient (Wildman–Crippen LogP) is 2.23. The van der Waals surface area contributed by atoms with Crippen molar-refractivity contribution in [2.24, 2.45) is 0 Å². The second kappa shape index (κ2) is 8.32. The van der Waals surface area contributed by atoms with Crippen LogP contribution < -0.4 is 10.1 Å². The van der Waals surface area contributed by atoms with Crippen molar-refractivity contribution in [3.63, 3.8) is 0 Å². The second-order valence-electron chi connectivity index (χ2n) is 4.05. The Balaban J connectivity index is 2.52. The first-order valence-electron chi connectivity index (χ1n) is 6.01. The molecule has 19 heavy (non-hydrogen) atoms. The highest BCUT2D eigenvalue weighted by Crippen LogP contribution is 2.25. The molecule has 0 bridgehead atoms. The van der Waals surface area contributed by atoms with E-state index in [1.807, 2.05) is 25.1 Å². The smallest absolute Gasteiger partial charge is 0.232 e. The SMILES string of the molecule is CCCNC(=O)CS(=O)Cc1ccc(OC)c(Br)c1. The molecule has 0 spiro atoms. The summed E-state index contributed by atoms with van der Waals surface area (Å²) in [5.74, 6) is 0.981. The summed E-state index contributed by atoms with van der Waals surface area (Å²) < 4.78 is 17.8. The van der Waals surface area contributed by atoms with Gasteiger partial charge >= 0.3 is 0 Å². The third kappa shape index (κ3) is 5.74. The van der Waals surface area contributed by atoms with Gasteiger partial charge < -0.3 is 10.1 Å². The monoisotopic (exact) mass is 347 g/mol. The minimum Gasteiger partial charge on any atom is -0.496 e. The van der Waals surface area contributed by atoms with Gasteiger partial charge in [0.25, 0.3) is 0 Å². The van der Waals surface area contributed by atoms with E-state index in [-0.39, 0.29) is 11.7 Å². The third-order valence-electron chi connectivity index (χ3n) is 2.41. The van der Waals surface area contributed by atoms with E-state index in [1.54, 1.807) is 7.11 Å². The number of ether oxygens (including phenoxy) is 1. The van der Waals surface area contributed by atoms with Gasteiger partial charge in [0.1, 0.15) is 11.5 Å². The zero-order chi connectivity index (χ0) is 14.3. The van der Waals surface area contributed by atoms with Crippen molar-refractivity contribution in [1.82, 2.24) is 5.32 Å². The Kier molecular flexibility index (Phi) is 7.09. The first-order valence-corrected chi connectivity index (χ1v) is 8.29. The number of carbonyl (C=O) groups is 1. The quantitative estimate of drug-likeness (QED) is 0.822. The van der Waals surface area contributed by atoms with Gasteiger partial charge in [-0.25, -0.2) is 0 Å². The molecule has 4 nitrogen and oxygen atoms in total. The molecule has 6 heteroatoms. The fourth-order valence-corrected chi connectivity index (χ4v) is 3.13. The van der Waals surface area contributed by atoms with E-state index in [2.05, 4.69) is 21.2 Å². The summed E-state index contributed by atoms with van der Waals surface area (Å²) in [5, 5.41) is 2.72. The number of rotatable bonds is 7. The number of amides is 1. The van der Waals surface area contributed by atoms with Crippen LogP contribution in [0.25, 0.3) is 0 Å². The average Bonchev–Trinajstić information content (AvgIpc) is 2.36. The van der Waals surface area contributed by atoms with Crippen LogP contribution in [0.4, 0.5) is 0 Å². The molecule has 0 aliphatic heterocycles. The van der Waals surface area contributed by atoms with Crippen LogP contribution in [0.1, 0.15) is 18.9 Å². The van der Waals surface area contributed by atoms with E-state index >= 15 is 0 Å². The van der Waals surface area contributed by atoms with Crippen LogP contribution >= 0.6 is 15.9 Å². The zero-order valence-corrected chi connectivity index (χ0v) is 13.5. The maximum atomic E-state index is 11.9. The lowest BCUT2D eigenvalue weighted by Gasteiger charge is -2.07. The Morgan fingerprint density at radius 2 is 2.21 bits per heavy atom. The van der Waals surface area contributed by atoms with Crippen LogP contribution in [0.5, 0.6) is 5.75 Å². The molecule has 106 valence electrons. The molecule has 1 aromatic carbocycles. The van der Waals surface area contributed by atoms with Crippen molar-refractivity contribution in [3.8, 4) is 5.75 Å². The first-order chi connectivity index (χ1) is 9.06. The predicted molar refractivity (Wildman–Crippen MR) is 80.7 cm³/mol. The molecular formula is C13H18BrNO3S. The average molecular weight is 348 g/mol. The van der Waals surface area contributed by atoms with Crippen molar-refractivity contribution in [2.45, 2.75) is 19.1 Å². The molecule has 1 N–H and O–H groups in total. The van der Waals surface area contributed by atoms with Crippen LogP contribution in [-0.4, -0.2) is 29.5 Å². The fourth-order valence-electron chi connectivity index (χ4n) is 1.50. The first kappa shape index (κ1) is 16.2. The van der Waals surface area contributed by atoms with E-state index in [0.717, 1.165) is 22.2 Å². The Bertz CT molecular complexity index is 465. The van der Waals surface area contributed by atoms with E-state index in [4.69, 9.17) is 4.74 Å². The fraction of sp³-hybridized carbons (Fsp3) is 0.462. The van der Waals surface area contributed by atoms with Gasteiger partial charge in [0.2, 0.25) is 5.91 Å². The van der Waals surface area contributed by atoms with Crippen molar-refractivity contribution in [2.75, 3.05) is 19.4 Å². The molecule has 0 heterocycles. The van der Waals surface area contributed by atoms with E-state index < -0.39 is 10.8 Å². The number of benzene rings is 1. The minimum atomic E-state index is -1.20. The summed E-state index contributed by atoms with van der Waals surface area (Å²) >= 11 is 3.38. The largest absolute Gasteiger partial charge is 0.496 e. The molecule has 1 atom stereocenters. The molecule has 1 unspecified atom stereocenters. The van der Waals surface area contributed by atoms with Gasteiger partial charge in [-0.1, -0.05) is 13.0 Å². The van der Waals surface area contributed by atoms with Crippen molar-refractivity contribution >= 4 is 32.6 Å². The van der Waals surface area contributed by atoms with Gasteiger partial charge in [-0.2, -0.15) is 0 Å². The number of methoxy groups -OCH3 is 1. The Morgan fingerprint density at radius 3 is 2.79 bits per heavy atom. The number of carbonyl (C=O) groups excluding carboxylic acids is 1. The molecule has 0 aliphatic rings. The number of hydrogen-bond donors (Lipinski definition) is 1. The van der Waals surface area contributed by atoms with Crippen LogP contribution in [-0.2, 0) is 21.3 Å². The zero-order valence-electron chi connectivity index (χ0n) is 11.1. The molecule has 0 aromatic heterocycles. The molecule has 0 radical (unpaired) electrons. The summed E-state index contributed by atoms with van der Waals surface area (Å²) in [5.41, 5.74) is 0.911. The molecule has 0 fully saturated rings. The van der Waals surface area contributed by atoms with Crippen molar-refractivity contribution < 1.29 is 13.7 Å². The topological polar surface area (TPSA) is 55.4 Å². The second-order valence-corrected chi connectivity index (χ2v) is 6.36. The molecule has 1 rings (SSSR count). The molecule has 1 aromatic rings. The van der Waals surface area contributed by atoms with Crippen LogP contribution in [0.2, 0.25) is 0 Å². The van der Waals surface area contributed by atoms with Gasteiger partial charge in [-0.05, 0) is 40.0 Å². The lowest BCUT2D eigenvalue weighted by Crippen LogP contribution is -2.29. The molecule has 0 saturated carbocycles. The normalized spacial score (nSPS) is 11.9. The minimum absolute atomic E-state index is 0.0453. The third-order valence-corrected chi connectivity index (χ3v) is 4.27. The number of halogens is 1. The van der Waals surface area contributed by atoms with E-state index in [9.17, 15) is 9.00 Å². The van der Waals surface area contributed by atoms with Crippen molar-refractivity contribution in [1.29, 1.82) is 0 Å². The highest BCUT2D eigenvalue weighted by atomic mass is 79.9. The molecule has 0 aliphatic carbocycles. The number of nitrogens with one attached hydrogen (secondary N) is 1. The lowest BCUT2D eigenvalue weighted by atomic mass is 10.2. The van der Waals surface area contributed by atoms with Gasteiger partial charge in [0, 0.05) is 23.1 Å². The maximum Gasteiger partial charge on any atom is 0.232 e. The van der Waals surface area contributed by atoms with Gasteiger partial charge in [0.15, 0.2) is 0 Å².